The number of hydrogen-bond donors (Lipinski definition) is 1. The van der Waals surface area contributed by atoms with Crippen LogP contribution in [0.1, 0.15) is 30.5 Å². The van der Waals surface area contributed by atoms with Crippen LogP contribution in [0.25, 0.3) is 0 Å². The maximum Gasteiger partial charge on any atom is 0.323 e. The van der Waals surface area contributed by atoms with E-state index in [1.54, 1.807) is 14.2 Å². The average molecular weight is 370 g/mol. The van der Waals surface area contributed by atoms with E-state index in [9.17, 15) is 4.79 Å². The third kappa shape index (κ3) is 3.46. The van der Waals surface area contributed by atoms with Gasteiger partial charge in [0.25, 0.3) is 0 Å². The standard InChI is InChI=1S/C20H26N4O3/c1-13-8-19(21-20(25)23-11-14-4-6-16(23)9-14)24(22-13)12-15-5-7-17(26-2)18(10-15)27-3/h5,7-8,10,14,16H,4,6,9,11-12H2,1-3H3,(H,21,25)/t14-,16-/m0/s1. The van der Waals surface area contributed by atoms with Gasteiger partial charge in [-0.05, 0) is 49.8 Å². The number of likely N-dealkylation sites (tertiary alicyclic amines) is 1. The Balaban J connectivity index is 1.50. The van der Waals surface area contributed by atoms with E-state index in [0.717, 1.165) is 36.5 Å². The van der Waals surface area contributed by atoms with Crippen LogP contribution >= 0.6 is 0 Å². The molecule has 2 aliphatic rings. The molecule has 2 amide bonds. The fourth-order valence-corrected chi connectivity index (χ4v) is 4.27. The summed E-state index contributed by atoms with van der Waals surface area (Å²) in [5.41, 5.74) is 1.89. The number of anilines is 1. The molecule has 0 radical (unpaired) electrons. The Morgan fingerprint density at radius 1 is 1.22 bits per heavy atom. The zero-order valence-electron chi connectivity index (χ0n) is 16.1. The van der Waals surface area contributed by atoms with Gasteiger partial charge in [0, 0.05) is 18.7 Å². The van der Waals surface area contributed by atoms with Gasteiger partial charge in [-0.25, -0.2) is 9.48 Å². The van der Waals surface area contributed by atoms with Gasteiger partial charge >= 0.3 is 6.03 Å². The SMILES string of the molecule is COc1ccc(Cn2nc(C)cc2NC(=O)N2C[C@H]3CC[C@H]2C3)cc1OC. The molecule has 7 heteroatoms. The molecule has 2 fully saturated rings. The number of nitrogens with one attached hydrogen (secondary N) is 1. The summed E-state index contributed by atoms with van der Waals surface area (Å²) < 4.78 is 12.5. The number of urea groups is 1. The first-order chi connectivity index (χ1) is 13.1. The lowest BCUT2D eigenvalue weighted by atomic mass is 10.1. The number of piperidine rings is 1. The van der Waals surface area contributed by atoms with E-state index in [-0.39, 0.29) is 6.03 Å². The first-order valence-corrected chi connectivity index (χ1v) is 9.40. The van der Waals surface area contributed by atoms with Crippen molar-refractivity contribution in [3.05, 3.63) is 35.5 Å². The van der Waals surface area contributed by atoms with Gasteiger partial charge in [-0.2, -0.15) is 5.10 Å². The molecule has 2 heterocycles. The smallest absolute Gasteiger partial charge is 0.323 e. The molecular weight excluding hydrogens is 344 g/mol. The Kier molecular flexibility index (Phi) is 4.68. The number of methoxy groups -OCH3 is 2. The molecular formula is C20H26N4O3. The quantitative estimate of drug-likeness (QED) is 0.877. The summed E-state index contributed by atoms with van der Waals surface area (Å²) >= 11 is 0. The van der Waals surface area contributed by atoms with Crippen LogP contribution in [0.4, 0.5) is 10.6 Å². The summed E-state index contributed by atoms with van der Waals surface area (Å²) in [6, 6.07) is 8.08. The van der Waals surface area contributed by atoms with Gasteiger partial charge < -0.3 is 14.4 Å². The third-order valence-corrected chi connectivity index (χ3v) is 5.59. The fourth-order valence-electron chi connectivity index (χ4n) is 4.27. The highest BCUT2D eigenvalue weighted by Crippen LogP contribution is 2.37. The molecule has 1 saturated heterocycles. The second-order valence-electron chi connectivity index (χ2n) is 7.43. The van der Waals surface area contributed by atoms with Gasteiger partial charge in [0.15, 0.2) is 11.5 Å². The maximum absolute atomic E-state index is 12.7. The minimum Gasteiger partial charge on any atom is -0.493 e. The molecule has 2 atom stereocenters. The number of aryl methyl sites for hydroxylation is 1. The number of carbonyl (C=O) groups excluding carboxylic acids is 1. The number of aromatic nitrogens is 2. The van der Waals surface area contributed by atoms with Crippen LogP contribution in [0, 0.1) is 12.8 Å². The number of amides is 2. The zero-order valence-corrected chi connectivity index (χ0v) is 16.1. The molecule has 1 aromatic carbocycles. The molecule has 1 N–H and O–H groups in total. The van der Waals surface area contributed by atoms with E-state index < -0.39 is 0 Å². The van der Waals surface area contributed by atoms with Crippen molar-refractivity contribution < 1.29 is 14.3 Å². The molecule has 2 aromatic rings. The molecule has 0 unspecified atom stereocenters. The van der Waals surface area contributed by atoms with Gasteiger partial charge in [0.2, 0.25) is 0 Å². The molecule has 144 valence electrons. The largest absolute Gasteiger partial charge is 0.493 e. The lowest BCUT2D eigenvalue weighted by Crippen LogP contribution is -2.40. The Bertz CT molecular complexity index is 848. The minimum atomic E-state index is -0.0179. The van der Waals surface area contributed by atoms with E-state index in [4.69, 9.17) is 9.47 Å². The number of ether oxygens (including phenoxy) is 2. The molecule has 7 nitrogen and oxygen atoms in total. The highest BCUT2D eigenvalue weighted by molar-refractivity contribution is 5.89. The van der Waals surface area contributed by atoms with Crippen LogP contribution in [-0.4, -0.2) is 47.5 Å². The number of fused-ring (bicyclic) bond motifs is 2. The van der Waals surface area contributed by atoms with Crippen molar-refractivity contribution in [2.45, 2.75) is 38.8 Å². The summed E-state index contributed by atoms with van der Waals surface area (Å²) in [6.45, 7) is 3.34. The Hall–Kier alpha value is -2.70. The van der Waals surface area contributed by atoms with Crippen molar-refractivity contribution >= 4 is 11.8 Å². The van der Waals surface area contributed by atoms with Crippen LogP contribution in [0.3, 0.4) is 0 Å². The van der Waals surface area contributed by atoms with Gasteiger partial charge in [-0.3, -0.25) is 5.32 Å². The third-order valence-electron chi connectivity index (χ3n) is 5.59. The molecule has 0 spiro atoms. The van der Waals surface area contributed by atoms with Crippen LogP contribution < -0.4 is 14.8 Å². The lowest BCUT2D eigenvalue weighted by molar-refractivity contribution is 0.194. The van der Waals surface area contributed by atoms with E-state index >= 15 is 0 Å². The number of benzene rings is 1. The first kappa shape index (κ1) is 17.7. The second kappa shape index (κ2) is 7.13. The van der Waals surface area contributed by atoms with Gasteiger partial charge in [0.1, 0.15) is 5.82 Å². The van der Waals surface area contributed by atoms with Crippen molar-refractivity contribution in [3.63, 3.8) is 0 Å². The molecule has 2 bridgehead atoms. The van der Waals surface area contributed by atoms with E-state index in [0.29, 0.717) is 30.0 Å². The van der Waals surface area contributed by atoms with Crippen LogP contribution in [-0.2, 0) is 6.54 Å². The van der Waals surface area contributed by atoms with Crippen molar-refractivity contribution in [3.8, 4) is 11.5 Å². The predicted molar refractivity (Wildman–Crippen MR) is 102 cm³/mol. The maximum atomic E-state index is 12.7. The number of rotatable bonds is 5. The average Bonchev–Trinajstić information content (AvgIpc) is 3.38. The summed E-state index contributed by atoms with van der Waals surface area (Å²) in [5, 5.41) is 7.60. The van der Waals surface area contributed by atoms with Crippen LogP contribution in [0.5, 0.6) is 11.5 Å². The Morgan fingerprint density at radius 2 is 2.04 bits per heavy atom. The Morgan fingerprint density at radius 3 is 2.70 bits per heavy atom. The van der Waals surface area contributed by atoms with Crippen molar-refractivity contribution in [1.29, 1.82) is 0 Å². The van der Waals surface area contributed by atoms with Gasteiger partial charge in [0.05, 0.1) is 26.5 Å². The lowest BCUT2D eigenvalue weighted by Gasteiger charge is -2.27. The Labute approximate surface area is 159 Å². The number of carbonyl (C=O) groups is 1. The van der Waals surface area contributed by atoms with Crippen LogP contribution in [0.2, 0.25) is 0 Å². The van der Waals surface area contributed by atoms with Crippen molar-refractivity contribution in [1.82, 2.24) is 14.7 Å². The summed E-state index contributed by atoms with van der Waals surface area (Å²) in [7, 11) is 3.24. The van der Waals surface area contributed by atoms with Gasteiger partial charge in [-0.15, -0.1) is 0 Å². The topological polar surface area (TPSA) is 68.6 Å². The highest BCUT2D eigenvalue weighted by atomic mass is 16.5. The second-order valence-corrected chi connectivity index (χ2v) is 7.43. The number of nitrogens with zero attached hydrogens (tertiary/aromatic N) is 3. The fraction of sp³-hybridized carbons (Fsp3) is 0.500. The molecule has 1 aliphatic carbocycles. The van der Waals surface area contributed by atoms with Crippen LogP contribution in [0.15, 0.2) is 24.3 Å². The predicted octanol–water partition coefficient (Wildman–Crippen LogP) is 3.27. The molecule has 1 aromatic heterocycles. The summed E-state index contributed by atoms with van der Waals surface area (Å²) in [5.74, 6) is 2.77. The molecule has 27 heavy (non-hydrogen) atoms. The van der Waals surface area contributed by atoms with E-state index in [2.05, 4.69) is 10.4 Å². The highest BCUT2D eigenvalue weighted by Gasteiger charge is 2.40. The molecule has 4 rings (SSSR count). The normalized spacial score (nSPS) is 20.8. The summed E-state index contributed by atoms with van der Waals surface area (Å²) in [6.07, 6.45) is 3.53. The first-order valence-electron chi connectivity index (χ1n) is 9.40. The molecule has 1 aliphatic heterocycles. The van der Waals surface area contributed by atoms with Gasteiger partial charge in [-0.1, -0.05) is 6.07 Å². The van der Waals surface area contributed by atoms with E-state index in [1.807, 2.05) is 40.8 Å². The molecule has 1 saturated carbocycles. The van der Waals surface area contributed by atoms with Crippen molar-refractivity contribution in [2.24, 2.45) is 5.92 Å². The zero-order chi connectivity index (χ0) is 19.0. The van der Waals surface area contributed by atoms with Crippen molar-refractivity contribution in [2.75, 3.05) is 26.1 Å². The monoisotopic (exact) mass is 370 g/mol. The number of hydrogen-bond acceptors (Lipinski definition) is 4. The summed E-state index contributed by atoms with van der Waals surface area (Å²) in [4.78, 5) is 14.7. The minimum absolute atomic E-state index is 0.0179. The van der Waals surface area contributed by atoms with E-state index in [1.165, 1.54) is 6.42 Å².